The van der Waals surface area contributed by atoms with Crippen LogP contribution in [0.4, 0.5) is 10.9 Å². The lowest BCUT2D eigenvalue weighted by Crippen LogP contribution is -2.26. The Bertz CT molecular complexity index is 996. The minimum absolute atomic E-state index is 0.000475. The molecule has 144 valence electrons. The highest BCUT2D eigenvalue weighted by Crippen LogP contribution is 2.28. The molecule has 1 atom stereocenters. The van der Waals surface area contributed by atoms with Crippen LogP contribution < -0.4 is 5.32 Å². The quantitative estimate of drug-likeness (QED) is 0.644. The first kappa shape index (κ1) is 18.3. The minimum Gasteiger partial charge on any atom is -0.345 e. The Balaban J connectivity index is 1.44. The van der Waals surface area contributed by atoms with Crippen molar-refractivity contribution in [3.63, 3.8) is 0 Å². The van der Waals surface area contributed by atoms with Crippen LogP contribution in [0.2, 0.25) is 0 Å². The number of H-pyrrole nitrogens is 1. The van der Waals surface area contributed by atoms with Crippen LogP contribution >= 0.6 is 11.3 Å². The van der Waals surface area contributed by atoms with Gasteiger partial charge in [-0.15, -0.1) is 11.3 Å². The molecule has 3 aromatic rings. The van der Waals surface area contributed by atoms with E-state index in [1.54, 1.807) is 36.0 Å². The molecule has 1 aliphatic heterocycles. The van der Waals surface area contributed by atoms with Crippen molar-refractivity contribution < 1.29 is 4.79 Å². The molecule has 1 amide bonds. The van der Waals surface area contributed by atoms with Crippen LogP contribution in [0, 0.1) is 13.8 Å². The molecule has 4 rings (SSSR count). The first-order chi connectivity index (χ1) is 13.6. The van der Waals surface area contributed by atoms with Gasteiger partial charge in [0.1, 0.15) is 11.6 Å². The van der Waals surface area contributed by atoms with Gasteiger partial charge < -0.3 is 15.2 Å². The first-order valence-electron chi connectivity index (χ1n) is 9.07. The van der Waals surface area contributed by atoms with E-state index in [1.807, 2.05) is 31.0 Å². The first-order valence-corrected chi connectivity index (χ1v) is 9.89. The lowest BCUT2D eigenvalue weighted by Gasteiger charge is -2.15. The lowest BCUT2D eigenvalue weighted by atomic mass is 10.0. The van der Waals surface area contributed by atoms with Gasteiger partial charge in [0.2, 0.25) is 5.91 Å². The van der Waals surface area contributed by atoms with E-state index < -0.39 is 0 Å². The summed E-state index contributed by atoms with van der Waals surface area (Å²) in [6, 6.07) is 1.96. The van der Waals surface area contributed by atoms with Gasteiger partial charge in [-0.05, 0) is 26.3 Å². The molecule has 1 aliphatic rings. The van der Waals surface area contributed by atoms with Crippen LogP contribution in [-0.2, 0) is 4.79 Å². The highest BCUT2D eigenvalue weighted by atomic mass is 32.1. The summed E-state index contributed by atoms with van der Waals surface area (Å²) in [7, 11) is 0. The van der Waals surface area contributed by atoms with E-state index >= 15 is 0 Å². The summed E-state index contributed by atoms with van der Waals surface area (Å²) >= 11 is 1.58. The second-order valence-corrected chi connectivity index (χ2v) is 7.97. The van der Waals surface area contributed by atoms with Gasteiger partial charge >= 0.3 is 0 Å². The SMILES string of the molecule is Cc1nc(Nc2ncc(C)s2)cc([C@@H]2CCN(C(=O)/C=C/c3cnc[nH]3)C2)n1. The van der Waals surface area contributed by atoms with E-state index in [-0.39, 0.29) is 11.8 Å². The Labute approximate surface area is 166 Å². The molecular weight excluding hydrogens is 374 g/mol. The van der Waals surface area contributed by atoms with Crippen molar-refractivity contribution in [1.82, 2.24) is 29.8 Å². The number of nitrogens with one attached hydrogen (secondary N) is 2. The third kappa shape index (κ3) is 4.25. The summed E-state index contributed by atoms with van der Waals surface area (Å²) in [6.45, 7) is 5.27. The number of carbonyl (C=O) groups is 1. The van der Waals surface area contributed by atoms with E-state index in [1.165, 1.54) is 0 Å². The zero-order valence-corrected chi connectivity index (χ0v) is 16.5. The third-order valence-corrected chi connectivity index (χ3v) is 5.39. The maximum Gasteiger partial charge on any atom is 0.246 e. The molecule has 28 heavy (non-hydrogen) atoms. The molecule has 4 heterocycles. The van der Waals surface area contributed by atoms with Gasteiger partial charge in [-0.25, -0.2) is 19.9 Å². The van der Waals surface area contributed by atoms with Crippen molar-refractivity contribution in [3.8, 4) is 0 Å². The number of hydrogen-bond acceptors (Lipinski definition) is 7. The normalized spacial score (nSPS) is 16.8. The van der Waals surface area contributed by atoms with Gasteiger partial charge in [0, 0.05) is 42.2 Å². The fraction of sp³-hybridized carbons (Fsp3) is 0.316. The second kappa shape index (κ2) is 7.89. The summed E-state index contributed by atoms with van der Waals surface area (Å²) in [5, 5.41) is 4.07. The van der Waals surface area contributed by atoms with E-state index in [0.717, 1.165) is 33.6 Å². The van der Waals surface area contributed by atoms with Gasteiger partial charge in [-0.3, -0.25) is 4.79 Å². The van der Waals surface area contributed by atoms with Gasteiger partial charge in [0.05, 0.1) is 23.9 Å². The summed E-state index contributed by atoms with van der Waals surface area (Å²) < 4.78 is 0. The number of amides is 1. The molecule has 0 aromatic carbocycles. The number of rotatable bonds is 5. The number of carbonyl (C=O) groups excluding carboxylic acids is 1. The van der Waals surface area contributed by atoms with Crippen LogP contribution in [0.5, 0.6) is 0 Å². The van der Waals surface area contributed by atoms with E-state index in [2.05, 4.69) is 30.2 Å². The number of nitrogens with zero attached hydrogens (tertiary/aromatic N) is 5. The van der Waals surface area contributed by atoms with Gasteiger partial charge in [0.15, 0.2) is 5.13 Å². The molecule has 1 fully saturated rings. The van der Waals surface area contributed by atoms with Crippen LogP contribution in [-0.4, -0.2) is 48.8 Å². The average molecular weight is 395 g/mol. The molecule has 2 N–H and O–H groups in total. The van der Waals surface area contributed by atoms with Gasteiger partial charge in [-0.2, -0.15) is 0 Å². The third-order valence-electron chi connectivity index (χ3n) is 4.56. The highest BCUT2D eigenvalue weighted by Gasteiger charge is 2.27. The van der Waals surface area contributed by atoms with E-state index in [0.29, 0.717) is 18.9 Å². The van der Waals surface area contributed by atoms with Crippen molar-refractivity contribution in [2.75, 3.05) is 18.4 Å². The fourth-order valence-electron chi connectivity index (χ4n) is 3.21. The zero-order valence-electron chi connectivity index (χ0n) is 15.7. The van der Waals surface area contributed by atoms with Crippen LogP contribution in [0.3, 0.4) is 0 Å². The maximum atomic E-state index is 12.4. The molecule has 8 nitrogen and oxygen atoms in total. The monoisotopic (exact) mass is 395 g/mol. The number of hydrogen-bond donors (Lipinski definition) is 2. The average Bonchev–Trinajstić information content (AvgIpc) is 3.41. The number of aromatic amines is 1. The smallest absolute Gasteiger partial charge is 0.246 e. The predicted molar refractivity (Wildman–Crippen MR) is 108 cm³/mol. The summed E-state index contributed by atoms with van der Waals surface area (Å²) in [5.74, 6) is 1.64. The lowest BCUT2D eigenvalue weighted by molar-refractivity contribution is -0.124. The number of likely N-dealkylation sites (tertiary alicyclic amines) is 1. The van der Waals surface area contributed by atoms with Crippen LogP contribution in [0.25, 0.3) is 6.08 Å². The molecule has 0 radical (unpaired) electrons. The number of anilines is 2. The molecule has 0 bridgehead atoms. The second-order valence-electron chi connectivity index (χ2n) is 6.74. The number of thiazole rings is 1. The van der Waals surface area contributed by atoms with Crippen LogP contribution in [0.1, 0.15) is 34.4 Å². The van der Waals surface area contributed by atoms with Gasteiger partial charge in [0.25, 0.3) is 0 Å². The van der Waals surface area contributed by atoms with Crippen LogP contribution in [0.15, 0.2) is 30.9 Å². The highest BCUT2D eigenvalue weighted by molar-refractivity contribution is 7.15. The zero-order chi connectivity index (χ0) is 19.5. The Kier molecular flexibility index (Phi) is 5.16. The summed E-state index contributed by atoms with van der Waals surface area (Å²) in [4.78, 5) is 35.7. The number of aromatic nitrogens is 5. The molecule has 0 aliphatic carbocycles. The van der Waals surface area contributed by atoms with Crippen molar-refractivity contribution in [1.29, 1.82) is 0 Å². The summed E-state index contributed by atoms with van der Waals surface area (Å²) in [6.07, 6.45) is 9.31. The van der Waals surface area contributed by atoms with Crippen molar-refractivity contribution >= 4 is 34.3 Å². The Hall–Kier alpha value is -3.07. The van der Waals surface area contributed by atoms with Crippen molar-refractivity contribution in [2.24, 2.45) is 0 Å². The van der Waals surface area contributed by atoms with Crippen molar-refractivity contribution in [2.45, 2.75) is 26.2 Å². The fourth-order valence-corrected chi connectivity index (χ4v) is 3.88. The molecular formula is C19H21N7OS. The number of aryl methyl sites for hydroxylation is 2. The summed E-state index contributed by atoms with van der Waals surface area (Å²) in [5.41, 5.74) is 1.76. The minimum atomic E-state index is -0.000475. The molecule has 0 unspecified atom stereocenters. The molecule has 3 aromatic heterocycles. The predicted octanol–water partition coefficient (Wildman–Crippen LogP) is 3.05. The Morgan fingerprint density at radius 2 is 2.25 bits per heavy atom. The van der Waals surface area contributed by atoms with E-state index in [4.69, 9.17) is 0 Å². The number of imidazole rings is 1. The molecule has 0 spiro atoms. The molecule has 9 heteroatoms. The van der Waals surface area contributed by atoms with E-state index in [9.17, 15) is 4.79 Å². The molecule has 1 saturated heterocycles. The largest absolute Gasteiger partial charge is 0.345 e. The maximum absolute atomic E-state index is 12.4. The van der Waals surface area contributed by atoms with Gasteiger partial charge in [-0.1, -0.05) is 0 Å². The molecule has 0 saturated carbocycles. The topological polar surface area (TPSA) is 99.7 Å². The van der Waals surface area contributed by atoms with Crippen molar-refractivity contribution in [3.05, 3.63) is 53.0 Å². The Morgan fingerprint density at radius 1 is 1.36 bits per heavy atom. The standard InChI is InChI=1S/C19H21N7OS/c1-12-8-21-19(28-12)25-17-7-16(23-13(2)24-17)14-5-6-26(10-14)18(27)4-3-15-9-20-11-22-15/h3-4,7-9,11,14H,5-6,10H2,1-2H3,(H,20,22)(H,21,23,24,25)/b4-3+/t14-/m1/s1. The Morgan fingerprint density at radius 3 is 3.00 bits per heavy atom.